The van der Waals surface area contributed by atoms with Crippen LogP contribution < -0.4 is 11.3 Å². The van der Waals surface area contributed by atoms with E-state index in [-0.39, 0.29) is 17.9 Å². The Morgan fingerprint density at radius 1 is 1.02 bits per heavy atom. The van der Waals surface area contributed by atoms with Crippen molar-refractivity contribution in [3.63, 3.8) is 0 Å². The number of benzene rings is 3. The maximum Gasteiger partial charge on any atom is 0.265 e. The van der Waals surface area contributed by atoms with Gasteiger partial charge in [0.2, 0.25) is 5.95 Å². The number of aromatic nitrogens is 4. The fourth-order valence-electron chi connectivity index (χ4n) is 6.57. The van der Waals surface area contributed by atoms with E-state index in [4.69, 9.17) is 10.5 Å². The van der Waals surface area contributed by atoms with Gasteiger partial charge in [-0.05, 0) is 65.1 Å². The van der Waals surface area contributed by atoms with Gasteiger partial charge in [0.15, 0.2) is 0 Å². The lowest BCUT2D eigenvalue weighted by Gasteiger charge is -2.26. The molecule has 1 aliphatic carbocycles. The number of nitrogen functional groups attached to an aromatic ring is 1. The molecule has 1 saturated heterocycles. The minimum atomic E-state index is -0.528. The van der Waals surface area contributed by atoms with Crippen LogP contribution in [0.25, 0.3) is 50.0 Å². The minimum Gasteiger partial charge on any atom is -0.392 e. The highest BCUT2D eigenvalue weighted by molar-refractivity contribution is 5.96. The summed E-state index contributed by atoms with van der Waals surface area (Å²) in [5, 5.41) is 12.0. The van der Waals surface area contributed by atoms with Crippen LogP contribution in [-0.2, 0) is 17.9 Å². The average molecular weight is 617 g/mol. The molecule has 2 aliphatic rings. The Morgan fingerprint density at radius 3 is 2.59 bits per heavy atom. The highest BCUT2D eigenvalue weighted by Crippen LogP contribution is 2.41. The van der Waals surface area contributed by atoms with Crippen molar-refractivity contribution >= 4 is 27.8 Å². The van der Waals surface area contributed by atoms with E-state index in [9.17, 15) is 9.90 Å². The summed E-state index contributed by atoms with van der Waals surface area (Å²) >= 11 is 0. The lowest BCUT2D eigenvalue weighted by molar-refractivity contribution is 0.0342. The predicted octanol–water partition coefficient (Wildman–Crippen LogP) is 5.52. The van der Waals surface area contributed by atoms with Gasteiger partial charge in [0.1, 0.15) is 11.5 Å². The standard InChI is InChI=1S/C36H33FN6O3/c37-29-17-25(22-8-9-22)16-24-10-11-43(35(45)32(24)29)31-3-1-2-26(28(31)20-44)33-27-18-30(39-34(27)41-36(38)40-33)23-6-4-21(5-7-23)19-42-12-14-46-15-13-42/h1-7,10-11,16-18,22,44H,8-9,12-15,19-20H2,(H3,38,39,40,41). The van der Waals surface area contributed by atoms with Gasteiger partial charge in [-0.1, -0.05) is 42.5 Å². The molecule has 0 bridgehead atoms. The fourth-order valence-corrected chi connectivity index (χ4v) is 6.57. The molecule has 10 heteroatoms. The second-order valence-electron chi connectivity index (χ2n) is 12.2. The van der Waals surface area contributed by atoms with E-state index in [2.05, 4.69) is 44.1 Å². The van der Waals surface area contributed by atoms with Gasteiger partial charge in [-0.3, -0.25) is 14.3 Å². The van der Waals surface area contributed by atoms with E-state index in [1.807, 2.05) is 18.2 Å². The lowest BCUT2D eigenvalue weighted by atomic mass is 9.99. The molecule has 0 atom stereocenters. The third-order valence-electron chi connectivity index (χ3n) is 9.13. The zero-order valence-corrected chi connectivity index (χ0v) is 25.2. The van der Waals surface area contributed by atoms with Gasteiger partial charge >= 0.3 is 0 Å². The fraction of sp³-hybridized carbons (Fsp3) is 0.250. The number of aromatic amines is 1. The summed E-state index contributed by atoms with van der Waals surface area (Å²) in [4.78, 5) is 28.5. The number of morpholine rings is 1. The molecule has 6 aromatic rings. The Labute approximate surface area is 264 Å². The van der Waals surface area contributed by atoms with Crippen LogP contribution in [0.5, 0.6) is 0 Å². The summed E-state index contributed by atoms with van der Waals surface area (Å²) in [6, 6.07) is 20.9. The SMILES string of the molecule is Nc1nc(-c2cccc(-n3ccc4cc(C5CC5)cc(F)c4c3=O)c2CO)c2cc(-c3ccc(CN4CCOCC4)cc3)[nH]c2n1. The highest BCUT2D eigenvalue weighted by atomic mass is 19.1. The number of halogens is 1. The summed E-state index contributed by atoms with van der Waals surface area (Å²) < 4.78 is 22.2. The third kappa shape index (κ3) is 5.14. The largest absolute Gasteiger partial charge is 0.392 e. The molecule has 3 aromatic carbocycles. The van der Waals surface area contributed by atoms with Crippen molar-refractivity contribution in [2.75, 3.05) is 32.0 Å². The van der Waals surface area contributed by atoms with Gasteiger partial charge in [-0.2, -0.15) is 4.98 Å². The van der Waals surface area contributed by atoms with E-state index in [1.54, 1.807) is 24.4 Å². The Balaban J connectivity index is 1.19. The molecule has 0 spiro atoms. The van der Waals surface area contributed by atoms with Gasteiger partial charge < -0.3 is 20.6 Å². The number of rotatable bonds is 7. The first-order valence-corrected chi connectivity index (χ1v) is 15.6. The van der Waals surface area contributed by atoms with Crippen molar-refractivity contribution in [2.45, 2.75) is 31.9 Å². The van der Waals surface area contributed by atoms with Crippen LogP contribution in [0, 0.1) is 5.82 Å². The molecule has 232 valence electrons. The molecule has 9 nitrogen and oxygen atoms in total. The lowest BCUT2D eigenvalue weighted by Crippen LogP contribution is -2.35. The van der Waals surface area contributed by atoms with Crippen molar-refractivity contribution in [1.29, 1.82) is 0 Å². The Bertz CT molecular complexity index is 2160. The molecule has 4 N–H and O–H groups in total. The van der Waals surface area contributed by atoms with Gasteiger partial charge in [0.25, 0.3) is 5.56 Å². The Hall–Kier alpha value is -4.90. The smallest absolute Gasteiger partial charge is 0.265 e. The first-order valence-electron chi connectivity index (χ1n) is 15.6. The van der Waals surface area contributed by atoms with Crippen molar-refractivity contribution in [2.24, 2.45) is 0 Å². The molecule has 0 unspecified atom stereocenters. The van der Waals surface area contributed by atoms with Gasteiger partial charge in [-0.25, -0.2) is 9.37 Å². The minimum absolute atomic E-state index is 0.0288. The highest BCUT2D eigenvalue weighted by Gasteiger charge is 2.26. The molecule has 1 saturated carbocycles. The molecule has 3 aromatic heterocycles. The predicted molar refractivity (Wildman–Crippen MR) is 176 cm³/mol. The molecular formula is C36H33FN6O3. The zero-order chi connectivity index (χ0) is 31.4. The molecule has 8 rings (SSSR count). The van der Waals surface area contributed by atoms with Crippen LogP contribution in [0.4, 0.5) is 10.3 Å². The number of aliphatic hydroxyl groups excluding tert-OH is 1. The van der Waals surface area contributed by atoms with Crippen LogP contribution in [0.1, 0.15) is 35.4 Å². The number of pyridine rings is 1. The van der Waals surface area contributed by atoms with E-state index < -0.39 is 11.4 Å². The summed E-state index contributed by atoms with van der Waals surface area (Å²) in [5.74, 6) is -0.0908. The van der Waals surface area contributed by atoms with Crippen molar-refractivity contribution < 1.29 is 14.2 Å². The quantitative estimate of drug-likeness (QED) is 0.216. The maximum absolute atomic E-state index is 15.3. The molecule has 0 amide bonds. The second kappa shape index (κ2) is 11.5. The molecule has 2 fully saturated rings. The van der Waals surface area contributed by atoms with E-state index >= 15 is 4.39 Å². The van der Waals surface area contributed by atoms with Crippen LogP contribution in [0.2, 0.25) is 0 Å². The van der Waals surface area contributed by atoms with Crippen LogP contribution in [0.3, 0.4) is 0 Å². The number of fused-ring (bicyclic) bond motifs is 2. The van der Waals surface area contributed by atoms with E-state index in [1.165, 1.54) is 16.2 Å². The second-order valence-corrected chi connectivity index (χ2v) is 12.2. The zero-order valence-electron chi connectivity index (χ0n) is 25.2. The molecular weight excluding hydrogens is 583 g/mol. The topological polar surface area (TPSA) is 122 Å². The third-order valence-corrected chi connectivity index (χ3v) is 9.13. The number of nitrogens with two attached hydrogens (primary N) is 1. The molecule has 46 heavy (non-hydrogen) atoms. The number of hydrogen-bond donors (Lipinski definition) is 3. The monoisotopic (exact) mass is 616 g/mol. The summed E-state index contributed by atoms with van der Waals surface area (Å²) in [6.07, 6.45) is 3.72. The van der Waals surface area contributed by atoms with Gasteiger partial charge in [0.05, 0.1) is 36.6 Å². The Morgan fingerprint density at radius 2 is 1.83 bits per heavy atom. The van der Waals surface area contributed by atoms with Crippen molar-refractivity contribution in [3.8, 4) is 28.2 Å². The number of ether oxygens (including phenoxy) is 1. The number of aliphatic hydroxyl groups is 1. The summed E-state index contributed by atoms with van der Waals surface area (Å²) in [5.41, 5.74) is 12.3. The average Bonchev–Trinajstić information content (AvgIpc) is 3.84. The number of nitrogens with zero attached hydrogens (tertiary/aromatic N) is 4. The first kappa shape index (κ1) is 28.6. The maximum atomic E-state index is 15.3. The molecule has 0 radical (unpaired) electrons. The van der Waals surface area contributed by atoms with Crippen molar-refractivity contribution in [3.05, 3.63) is 106 Å². The van der Waals surface area contributed by atoms with Crippen molar-refractivity contribution in [1.82, 2.24) is 24.4 Å². The van der Waals surface area contributed by atoms with Gasteiger partial charge in [0, 0.05) is 48.0 Å². The normalized spacial score (nSPS) is 15.6. The molecule has 4 heterocycles. The van der Waals surface area contributed by atoms with E-state index in [0.717, 1.165) is 67.9 Å². The number of nitrogens with one attached hydrogen (secondary N) is 1. The van der Waals surface area contributed by atoms with Crippen LogP contribution >= 0.6 is 0 Å². The molecule has 1 aliphatic heterocycles. The summed E-state index contributed by atoms with van der Waals surface area (Å²) in [7, 11) is 0. The number of H-pyrrole nitrogens is 1. The van der Waals surface area contributed by atoms with Gasteiger partial charge in [-0.15, -0.1) is 0 Å². The Kier molecular flexibility index (Phi) is 7.12. The van der Waals surface area contributed by atoms with Crippen LogP contribution in [0.15, 0.2) is 77.7 Å². The van der Waals surface area contributed by atoms with E-state index in [0.29, 0.717) is 39.5 Å². The first-order chi connectivity index (χ1) is 22.5. The number of anilines is 1. The van der Waals surface area contributed by atoms with Crippen LogP contribution in [-0.4, -0.2) is 55.8 Å². The summed E-state index contributed by atoms with van der Waals surface area (Å²) in [6.45, 7) is 3.87. The number of hydrogen-bond acceptors (Lipinski definition) is 7.